The Kier molecular flexibility index (Phi) is 3.72. The molecule has 0 amide bonds. The molecule has 0 bridgehead atoms. The molecule has 0 N–H and O–H groups in total. The van der Waals surface area contributed by atoms with Crippen molar-refractivity contribution in [1.29, 1.82) is 0 Å². The third-order valence-electron chi connectivity index (χ3n) is 4.54. The molecule has 0 saturated carbocycles. The minimum atomic E-state index is -0.681. The highest BCUT2D eigenvalue weighted by Crippen LogP contribution is 2.33. The molecule has 0 aliphatic heterocycles. The molecule has 5 aromatic rings. The number of pyridine rings is 2. The van der Waals surface area contributed by atoms with Crippen molar-refractivity contribution in [3.63, 3.8) is 0 Å². The summed E-state index contributed by atoms with van der Waals surface area (Å²) < 4.78 is 30.4. The van der Waals surface area contributed by atoms with Gasteiger partial charge in [-0.25, -0.2) is 13.8 Å². The minimum absolute atomic E-state index is 0.162. The van der Waals surface area contributed by atoms with Crippen LogP contribution in [0, 0.1) is 11.6 Å². The summed E-state index contributed by atoms with van der Waals surface area (Å²) in [4.78, 5) is 8.77. The summed E-state index contributed by atoms with van der Waals surface area (Å²) in [7, 11) is 0. The molecule has 0 radical (unpaired) electrons. The quantitative estimate of drug-likeness (QED) is 0.472. The van der Waals surface area contributed by atoms with E-state index in [1.165, 1.54) is 24.4 Å². The Labute approximate surface area is 158 Å². The van der Waals surface area contributed by atoms with E-state index in [1.54, 1.807) is 12.4 Å². The van der Waals surface area contributed by atoms with Gasteiger partial charge in [0, 0.05) is 12.4 Å². The average Bonchev–Trinajstić information content (AvgIpc) is 3.35. The Morgan fingerprint density at radius 3 is 2.54 bits per heavy atom. The molecular weight excluding hydrogens is 360 g/mol. The maximum Gasteiger partial charge on any atom is 0.137 e. The summed E-state index contributed by atoms with van der Waals surface area (Å²) in [6.07, 6.45) is 6.79. The van der Waals surface area contributed by atoms with Gasteiger partial charge in [0.15, 0.2) is 0 Å². The van der Waals surface area contributed by atoms with Crippen molar-refractivity contribution in [1.82, 2.24) is 24.6 Å². The monoisotopic (exact) mass is 372 g/mol. The van der Waals surface area contributed by atoms with Crippen LogP contribution in [0.25, 0.3) is 39.4 Å². The lowest BCUT2D eigenvalue weighted by Gasteiger charge is -2.09. The topological polar surface area (TPSA) is 57.2 Å². The summed E-state index contributed by atoms with van der Waals surface area (Å²) in [5.74, 6) is -1.36. The predicted molar refractivity (Wildman–Crippen MR) is 100 cm³/mol. The smallest absolute Gasteiger partial charge is 0.137 e. The fourth-order valence-electron chi connectivity index (χ4n) is 3.22. The summed E-state index contributed by atoms with van der Waals surface area (Å²) in [6, 6.07) is 13.0. The van der Waals surface area contributed by atoms with Crippen molar-refractivity contribution < 1.29 is 8.78 Å². The van der Waals surface area contributed by atoms with Gasteiger partial charge in [-0.2, -0.15) is 6.20 Å². The van der Waals surface area contributed by atoms with Gasteiger partial charge in [0.1, 0.15) is 17.3 Å². The molecule has 5 nitrogen and oxygen atoms in total. The third kappa shape index (κ3) is 2.56. The van der Waals surface area contributed by atoms with Crippen LogP contribution in [0.5, 0.6) is 0 Å². The van der Waals surface area contributed by atoms with Gasteiger partial charge in [-0.05, 0) is 47.5 Å². The molecule has 0 atom stereocenters. The SMILES string of the molecule is Fc1cccc(F)c1-c1n[n-]cc1-c1ccc2ncc(-c3ccccn3)n2c1. The molecule has 0 fully saturated rings. The van der Waals surface area contributed by atoms with Crippen LogP contribution in [0.3, 0.4) is 0 Å². The minimum Gasteiger partial charge on any atom is -0.581 e. The van der Waals surface area contributed by atoms with Gasteiger partial charge < -0.3 is 10.2 Å². The normalized spacial score (nSPS) is 11.2. The largest absolute Gasteiger partial charge is 0.581 e. The van der Waals surface area contributed by atoms with E-state index in [0.29, 0.717) is 11.1 Å². The molecule has 0 aliphatic carbocycles. The van der Waals surface area contributed by atoms with E-state index in [-0.39, 0.29) is 11.3 Å². The first kappa shape index (κ1) is 16.3. The number of benzene rings is 1. The lowest BCUT2D eigenvalue weighted by molar-refractivity contribution is 0.588. The summed E-state index contributed by atoms with van der Waals surface area (Å²) >= 11 is 0. The number of rotatable bonds is 3. The zero-order chi connectivity index (χ0) is 19.1. The van der Waals surface area contributed by atoms with E-state index in [9.17, 15) is 8.78 Å². The molecule has 4 heterocycles. The number of nitrogens with zero attached hydrogens (tertiary/aromatic N) is 5. The number of hydrogen-bond acceptors (Lipinski definition) is 3. The Morgan fingerprint density at radius 1 is 0.893 bits per heavy atom. The van der Waals surface area contributed by atoms with E-state index < -0.39 is 11.6 Å². The van der Waals surface area contributed by atoms with Gasteiger partial charge >= 0.3 is 0 Å². The first-order valence-electron chi connectivity index (χ1n) is 8.54. The van der Waals surface area contributed by atoms with Gasteiger partial charge in [0.2, 0.25) is 0 Å². The van der Waals surface area contributed by atoms with Crippen LogP contribution in [0.2, 0.25) is 0 Å². The second kappa shape index (κ2) is 6.38. The van der Waals surface area contributed by atoms with Crippen molar-refractivity contribution in [2.75, 3.05) is 0 Å². The zero-order valence-electron chi connectivity index (χ0n) is 14.4. The molecule has 0 unspecified atom stereocenters. The van der Waals surface area contributed by atoms with Crippen LogP contribution in [0.4, 0.5) is 8.78 Å². The van der Waals surface area contributed by atoms with E-state index in [2.05, 4.69) is 20.2 Å². The van der Waals surface area contributed by atoms with Gasteiger partial charge in [0.25, 0.3) is 0 Å². The molecule has 28 heavy (non-hydrogen) atoms. The van der Waals surface area contributed by atoms with E-state index in [0.717, 1.165) is 17.0 Å². The van der Waals surface area contributed by atoms with E-state index >= 15 is 0 Å². The lowest BCUT2D eigenvalue weighted by atomic mass is 10.0. The average molecular weight is 372 g/mol. The number of imidazole rings is 1. The standard InChI is InChI=1S/C21H12F2N5/c22-15-4-3-5-16(23)20(15)21-14(10-26-27-21)13-7-8-19-25-11-18(28(19)12-13)17-6-1-2-9-24-17/h1-12H/q-1. The first-order valence-corrected chi connectivity index (χ1v) is 8.54. The molecular formula is C21H12F2N5-. The van der Waals surface area contributed by atoms with Crippen LogP contribution in [0.1, 0.15) is 0 Å². The maximum absolute atomic E-state index is 14.3. The second-order valence-corrected chi connectivity index (χ2v) is 6.21. The van der Waals surface area contributed by atoms with Crippen molar-refractivity contribution in [3.8, 4) is 33.8 Å². The Balaban J connectivity index is 1.69. The summed E-state index contributed by atoms with van der Waals surface area (Å²) in [5.41, 5.74) is 3.53. The molecule has 136 valence electrons. The van der Waals surface area contributed by atoms with Crippen molar-refractivity contribution >= 4 is 5.65 Å². The predicted octanol–water partition coefficient (Wildman–Crippen LogP) is 4.36. The molecule has 0 aliphatic rings. The Morgan fingerprint density at radius 2 is 1.75 bits per heavy atom. The van der Waals surface area contributed by atoms with Gasteiger partial charge in [-0.1, -0.05) is 12.1 Å². The van der Waals surface area contributed by atoms with E-state index in [1.807, 2.05) is 40.9 Å². The highest BCUT2D eigenvalue weighted by atomic mass is 19.1. The fraction of sp³-hybridized carbons (Fsp3) is 0. The number of fused-ring (bicyclic) bond motifs is 1. The van der Waals surface area contributed by atoms with Gasteiger partial charge in [-0.15, -0.1) is 0 Å². The highest BCUT2D eigenvalue weighted by Gasteiger charge is 2.16. The fourth-order valence-corrected chi connectivity index (χ4v) is 3.22. The molecule has 4 aromatic heterocycles. The first-order chi connectivity index (χ1) is 13.7. The van der Waals surface area contributed by atoms with Crippen LogP contribution in [-0.4, -0.2) is 19.5 Å². The molecule has 0 saturated heterocycles. The number of halogens is 2. The van der Waals surface area contributed by atoms with E-state index in [4.69, 9.17) is 0 Å². The lowest BCUT2D eigenvalue weighted by Crippen LogP contribution is -1.94. The molecule has 5 rings (SSSR count). The van der Waals surface area contributed by atoms with Gasteiger partial charge in [-0.3, -0.25) is 9.38 Å². The van der Waals surface area contributed by atoms with Crippen LogP contribution >= 0.6 is 0 Å². The summed E-state index contributed by atoms with van der Waals surface area (Å²) in [5, 5.41) is 7.85. The summed E-state index contributed by atoms with van der Waals surface area (Å²) in [6.45, 7) is 0. The number of hydrogen-bond donors (Lipinski definition) is 0. The van der Waals surface area contributed by atoms with Crippen LogP contribution < -0.4 is 5.10 Å². The Bertz CT molecular complexity index is 1270. The third-order valence-corrected chi connectivity index (χ3v) is 4.54. The molecule has 7 heteroatoms. The molecule has 0 spiro atoms. The second-order valence-electron chi connectivity index (χ2n) is 6.21. The van der Waals surface area contributed by atoms with Crippen molar-refractivity contribution in [2.24, 2.45) is 0 Å². The maximum atomic E-state index is 14.3. The highest BCUT2D eigenvalue weighted by molar-refractivity contribution is 5.81. The van der Waals surface area contributed by atoms with Crippen LogP contribution in [-0.2, 0) is 0 Å². The van der Waals surface area contributed by atoms with Crippen molar-refractivity contribution in [3.05, 3.63) is 85.0 Å². The number of aromatic nitrogens is 5. The van der Waals surface area contributed by atoms with Gasteiger partial charge in [0.05, 0.1) is 28.8 Å². The zero-order valence-corrected chi connectivity index (χ0v) is 14.4. The van der Waals surface area contributed by atoms with Crippen molar-refractivity contribution in [2.45, 2.75) is 0 Å². The Hall–Kier alpha value is -3.87. The van der Waals surface area contributed by atoms with Crippen LogP contribution in [0.15, 0.2) is 73.3 Å². The molecule has 1 aromatic carbocycles.